The molecule has 9 nitrogen and oxygen atoms in total. The van der Waals surface area contributed by atoms with E-state index >= 15 is 0 Å². The maximum Gasteiger partial charge on any atom is 0.349 e. The Morgan fingerprint density at radius 1 is 0.969 bits per heavy atom. The monoisotopic (exact) mass is 432 g/mol. The average molecular weight is 432 g/mol. The smallest absolute Gasteiger partial charge is 0.349 e. The van der Waals surface area contributed by atoms with Gasteiger partial charge in [-0.3, -0.25) is 19.7 Å². The van der Waals surface area contributed by atoms with Crippen LogP contribution in [0.25, 0.3) is 0 Å². The molecule has 0 atom stereocenters. The minimum absolute atomic E-state index is 0.0735. The number of amides is 2. The van der Waals surface area contributed by atoms with Crippen molar-refractivity contribution in [1.82, 2.24) is 0 Å². The van der Waals surface area contributed by atoms with E-state index in [2.05, 4.69) is 0 Å². The SMILES string of the molecule is Cc1cc([N+](=O)[O-])ccc1OCC(=O)Oc1ccc(N2C(=O)c3ccccc3C2=O)cc1. The number of imide groups is 1. The molecular formula is C23H16N2O7. The number of esters is 1. The number of rotatable bonds is 6. The van der Waals surface area contributed by atoms with E-state index < -0.39 is 29.3 Å². The molecule has 0 N–H and O–H groups in total. The Kier molecular flexibility index (Phi) is 5.38. The van der Waals surface area contributed by atoms with Crippen molar-refractivity contribution in [2.45, 2.75) is 6.92 Å². The molecule has 3 aromatic carbocycles. The Morgan fingerprint density at radius 3 is 2.16 bits per heavy atom. The molecule has 1 heterocycles. The number of nitro groups is 1. The van der Waals surface area contributed by atoms with Crippen molar-refractivity contribution in [1.29, 1.82) is 0 Å². The van der Waals surface area contributed by atoms with E-state index in [1.165, 1.54) is 42.5 Å². The first kappa shape index (κ1) is 20.7. The maximum absolute atomic E-state index is 12.5. The number of carbonyl (C=O) groups is 3. The molecule has 0 unspecified atom stereocenters. The lowest BCUT2D eigenvalue weighted by molar-refractivity contribution is -0.384. The molecule has 1 aliphatic rings. The van der Waals surface area contributed by atoms with Crippen LogP contribution in [-0.4, -0.2) is 29.3 Å². The largest absolute Gasteiger partial charge is 0.482 e. The summed E-state index contributed by atoms with van der Waals surface area (Å²) in [5.74, 6) is -0.978. The molecule has 3 aromatic rings. The van der Waals surface area contributed by atoms with Gasteiger partial charge in [-0.15, -0.1) is 0 Å². The Hall–Kier alpha value is -4.53. The number of aryl methyl sites for hydroxylation is 1. The highest BCUT2D eigenvalue weighted by atomic mass is 16.6. The van der Waals surface area contributed by atoms with Crippen molar-refractivity contribution in [3.8, 4) is 11.5 Å². The number of benzene rings is 3. The first-order valence-electron chi connectivity index (χ1n) is 9.51. The van der Waals surface area contributed by atoms with Gasteiger partial charge in [0, 0.05) is 12.1 Å². The summed E-state index contributed by atoms with van der Waals surface area (Å²) in [6, 6.07) is 16.6. The molecular weight excluding hydrogens is 416 g/mol. The minimum atomic E-state index is -0.684. The molecule has 0 aliphatic carbocycles. The van der Waals surface area contributed by atoms with Gasteiger partial charge >= 0.3 is 5.97 Å². The van der Waals surface area contributed by atoms with Gasteiger partial charge in [0.15, 0.2) is 6.61 Å². The zero-order valence-electron chi connectivity index (χ0n) is 16.8. The molecule has 0 spiro atoms. The fourth-order valence-corrected chi connectivity index (χ4v) is 3.29. The van der Waals surface area contributed by atoms with Crippen molar-refractivity contribution in [3.63, 3.8) is 0 Å². The van der Waals surface area contributed by atoms with Crippen LogP contribution in [0.15, 0.2) is 66.7 Å². The second-order valence-corrected chi connectivity index (χ2v) is 6.95. The molecule has 2 amide bonds. The number of anilines is 1. The van der Waals surface area contributed by atoms with Gasteiger partial charge in [-0.2, -0.15) is 0 Å². The lowest BCUT2D eigenvalue weighted by Crippen LogP contribution is -2.29. The number of fused-ring (bicyclic) bond motifs is 1. The maximum atomic E-state index is 12.5. The van der Waals surface area contributed by atoms with Crippen LogP contribution in [0.1, 0.15) is 26.3 Å². The molecule has 0 saturated carbocycles. The van der Waals surface area contributed by atoms with E-state index in [9.17, 15) is 24.5 Å². The van der Waals surface area contributed by atoms with Gasteiger partial charge in [-0.05, 0) is 55.0 Å². The molecule has 0 aromatic heterocycles. The summed E-state index contributed by atoms with van der Waals surface area (Å²) in [4.78, 5) is 48.5. The van der Waals surface area contributed by atoms with Crippen molar-refractivity contribution in [3.05, 3.63) is 93.5 Å². The number of ether oxygens (including phenoxy) is 2. The van der Waals surface area contributed by atoms with Crippen LogP contribution in [0.5, 0.6) is 11.5 Å². The van der Waals surface area contributed by atoms with Crippen LogP contribution in [-0.2, 0) is 4.79 Å². The van der Waals surface area contributed by atoms with Crippen LogP contribution >= 0.6 is 0 Å². The lowest BCUT2D eigenvalue weighted by atomic mass is 10.1. The average Bonchev–Trinajstić information content (AvgIpc) is 3.04. The molecule has 160 valence electrons. The summed E-state index contributed by atoms with van der Waals surface area (Å²) in [7, 11) is 0. The summed E-state index contributed by atoms with van der Waals surface area (Å²) in [5, 5.41) is 10.8. The van der Waals surface area contributed by atoms with Crippen LogP contribution in [0.3, 0.4) is 0 Å². The standard InChI is InChI=1S/C23H16N2O7/c1-14-12-16(25(29)30)8-11-20(14)31-13-21(26)32-17-9-6-15(7-10-17)24-22(27)18-4-2-3-5-19(18)23(24)28/h2-12H,13H2,1H3. The van der Waals surface area contributed by atoms with Crippen LogP contribution in [0, 0.1) is 17.0 Å². The molecule has 0 bridgehead atoms. The molecule has 0 saturated heterocycles. The molecule has 0 radical (unpaired) electrons. The first-order valence-corrected chi connectivity index (χ1v) is 9.51. The normalized spacial score (nSPS) is 12.5. The summed E-state index contributed by atoms with van der Waals surface area (Å²) in [5.41, 5.74) is 1.47. The highest BCUT2D eigenvalue weighted by molar-refractivity contribution is 6.34. The number of nitrogens with zero attached hydrogens (tertiary/aromatic N) is 2. The molecule has 32 heavy (non-hydrogen) atoms. The Balaban J connectivity index is 1.38. The molecule has 9 heteroatoms. The quantitative estimate of drug-likeness (QED) is 0.192. The van der Waals surface area contributed by atoms with Gasteiger partial charge in [0.05, 0.1) is 21.7 Å². The fraction of sp³-hybridized carbons (Fsp3) is 0.0870. The first-order chi connectivity index (χ1) is 15.3. The van der Waals surface area contributed by atoms with Crippen molar-refractivity contribution < 1.29 is 28.8 Å². The zero-order chi connectivity index (χ0) is 22.8. The van der Waals surface area contributed by atoms with Crippen molar-refractivity contribution >= 4 is 29.2 Å². The highest BCUT2D eigenvalue weighted by Gasteiger charge is 2.36. The Morgan fingerprint density at radius 2 is 1.59 bits per heavy atom. The number of carbonyl (C=O) groups excluding carboxylic acids is 3. The molecule has 0 fully saturated rings. The van der Waals surface area contributed by atoms with Gasteiger partial charge in [-0.1, -0.05) is 12.1 Å². The van der Waals surface area contributed by atoms with Gasteiger partial charge in [-0.25, -0.2) is 9.69 Å². The minimum Gasteiger partial charge on any atom is -0.482 e. The number of hydrogen-bond donors (Lipinski definition) is 0. The van der Waals surface area contributed by atoms with E-state index in [0.29, 0.717) is 28.1 Å². The zero-order valence-corrected chi connectivity index (χ0v) is 16.8. The van der Waals surface area contributed by atoms with E-state index in [1.807, 2.05) is 0 Å². The Bertz CT molecular complexity index is 1220. The second-order valence-electron chi connectivity index (χ2n) is 6.95. The number of nitro benzene ring substituents is 1. The van der Waals surface area contributed by atoms with E-state index in [-0.39, 0.29) is 11.4 Å². The molecule has 4 rings (SSSR count). The van der Waals surface area contributed by atoms with E-state index in [1.54, 1.807) is 31.2 Å². The molecule has 1 aliphatic heterocycles. The summed E-state index contributed by atoms with van der Waals surface area (Å²) in [6.45, 7) is 1.23. The fourth-order valence-electron chi connectivity index (χ4n) is 3.29. The summed E-state index contributed by atoms with van der Waals surface area (Å²) >= 11 is 0. The number of non-ortho nitro benzene ring substituents is 1. The van der Waals surface area contributed by atoms with E-state index in [4.69, 9.17) is 9.47 Å². The third-order valence-corrected chi connectivity index (χ3v) is 4.84. The highest BCUT2D eigenvalue weighted by Crippen LogP contribution is 2.29. The lowest BCUT2D eigenvalue weighted by Gasteiger charge is -2.14. The third-order valence-electron chi connectivity index (χ3n) is 4.84. The van der Waals surface area contributed by atoms with Crippen LogP contribution in [0.2, 0.25) is 0 Å². The third kappa shape index (κ3) is 3.91. The topological polar surface area (TPSA) is 116 Å². The van der Waals surface area contributed by atoms with Crippen molar-refractivity contribution in [2.75, 3.05) is 11.5 Å². The van der Waals surface area contributed by atoms with Crippen LogP contribution in [0.4, 0.5) is 11.4 Å². The van der Waals surface area contributed by atoms with Gasteiger partial charge in [0.1, 0.15) is 11.5 Å². The summed E-state index contributed by atoms with van der Waals surface area (Å²) in [6.07, 6.45) is 0. The summed E-state index contributed by atoms with van der Waals surface area (Å²) < 4.78 is 10.6. The van der Waals surface area contributed by atoms with Gasteiger partial charge in [0.25, 0.3) is 17.5 Å². The van der Waals surface area contributed by atoms with Crippen LogP contribution < -0.4 is 14.4 Å². The van der Waals surface area contributed by atoms with Gasteiger partial charge < -0.3 is 9.47 Å². The predicted octanol–water partition coefficient (Wildman–Crippen LogP) is 3.69. The Labute approximate surface area is 181 Å². The van der Waals surface area contributed by atoms with Gasteiger partial charge in [0.2, 0.25) is 0 Å². The van der Waals surface area contributed by atoms with E-state index in [0.717, 1.165) is 4.90 Å². The second kappa shape index (κ2) is 8.31. The number of hydrogen-bond acceptors (Lipinski definition) is 7. The predicted molar refractivity (Wildman–Crippen MR) is 113 cm³/mol. The van der Waals surface area contributed by atoms with Crippen molar-refractivity contribution in [2.24, 2.45) is 0 Å².